The summed E-state index contributed by atoms with van der Waals surface area (Å²) in [7, 11) is 1.56. The Bertz CT molecular complexity index is 447. The van der Waals surface area contributed by atoms with Gasteiger partial charge in [-0.15, -0.1) is 0 Å². The molecule has 0 bridgehead atoms. The van der Waals surface area contributed by atoms with E-state index in [-0.39, 0.29) is 5.76 Å². The van der Waals surface area contributed by atoms with Crippen molar-refractivity contribution in [2.45, 2.75) is 0 Å². The highest BCUT2D eigenvalue weighted by molar-refractivity contribution is 5.94. The van der Waals surface area contributed by atoms with Crippen LogP contribution in [0.4, 0.5) is 0 Å². The molecule has 0 amide bonds. The molecule has 0 atom stereocenters. The standard InChI is InChI=1S/C9H7NO3/c1-12-6-2-3-8-7(4-6)9(5-11)13-10-8/h2-5H,1H3. The van der Waals surface area contributed by atoms with E-state index >= 15 is 0 Å². The van der Waals surface area contributed by atoms with E-state index in [9.17, 15) is 4.79 Å². The van der Waals surface area contributed by atoms with E-state index in [1.54, 1.807) is 25.3 Å². The van der Waals surface area contributed by atoms with Crippen molar-refractivity contribution >= 4 is 17.2 Å². The van der Waals surface area contributed by atoms with Gasteiger partial charge in [-0.3, -0.25) is 4.79 Å². The summed E-state index contributed by atoms with van der Waals surface area (Å²) < 4.78 is 9.80. The smallest absolute Gasteiger partial charge is 0.207 e. The summed E-state index contributed by atoms with van der Waals surface area (Å²) in [6, 6.07) is 5.22. The molecule has 4 heteroatoms. The highest BCUT2D eigenvalue weighted by atomic mass is 16.5. The Hall–Kier alpha value is -1.84. The largest absolute Gasteiger partial charge is 0.497 e. The second-order valence-electron chi connectivity index (χ2n) is 2.55. The molecule has 0 fully saturated rings. The van der Waals surface area contributed by atoms with Gasteiger partial charge in [0.15, 0.2) is 6.29 Å². The maximum atomic E-state index is 10.5. The number of hydrogen-bond acceptors (Lipinski definition) is 4. The first-order valence-electron chi connectivity index (χ1n) is 3.74. The molecule has 66 valence electrons. The zero-order chi connectivity index (χ0) is 9.26. The zero-order valence-electron chi connectivity index (χ0n) is 6.98. The van der Waals surface area contributed by atoms with Gasteiger partial charge in [-0.2, -0.15) is 0 Å². The molecule has 13 heavy (non-hydrogen) atoms. The van der Waals surface area contributed by atoms with Gasteiger partial charge in [0.05, 0.1) is 12.5 Å². The molecular formula is C9H7NO3. The minimum atomic E-state index is 0.230. The first-order valence-corrected chi connectivity index (χ1v) is 3.74. The number of ether oxygens (including phenoxy) is 1. The van der Waals surface area contributed by atoms with Crippen LogP contribution in [-0.2, 0) is 0 Å². The second kappa shape index (κ2) is 2.90. The number of carbonyl (C=O) groups is 1. The fraction of sp³-hybridized carbons (Fsp3) is 0.111. The Morgan fingerprint density at radius 2 is 2.38 bits per heavy atom. The third kappa shape index (κ3) is 1.16. The van der Waals surface area contributed by atoms with Crippen LogP contribution in [0.2, 0.25) is 0 Å². The normalized spacial score (nSPS) is 10.2. The quantitative estimate of drug-likeness (QED) is 0.654. The second-order valence-corrected chi connectivity index (χ2v) is 2.55. The molecule has 4 nitrogen and oxygen atoms in total. The first kappa shape index (κ1) is 7.79. The molecule has 1 aromatic heterocycles. The predicted molar refractivity (Wildman–Crippen MR) is 45.9 cm³/mol. The predicted octanol–water partition coefficient (Wildman–Crippen LogP) is 1.65. The molecule has 0 N–H and O–H groups in total. The average Bonchev–Trinajstić information content (AvgIpc) is 2.59. The summed E-state index contributed by atoms with van der Waals surface area (Å²) in [5.41, 5.74) is 0.655. The van der Waals surface area contributed by atoms with Gasteiger partial charge in [-0.25, -0.2) is 0 Å². The third-order valence-corrected chi connectivity index (χ3v) is 1.82. The minimum absolute atomic E-state index is 0.230. The molecule has 1 heterocycles. The van der Waals surface area contributed by atoms with E-state index in [1.165, 1.54) is 0 Å². The summed E-state index contributed by atoms with van der Waals surface area (Å²) in [5.74, 6) is 0.910. The molecule has 0 aliphatic heterocycles. The van der Waals surface area contributed by atoms with Crippen molar-refractivity contribution in [1.82, 2.24) is 5.16 Å². The Balaban J connectivity index is 2.71. The SMILES string of the molecule is COc1ccc2noc(C=O)c2c1. The number of benzene rings is 1. The molecular weight excluding hydrogens is 170 g/mol. The van der Waals surface area contributed by atoms with Crippen molar-refractivity contribution in [1.29, 1.82) is 0 Å². The van der Waals surface area contributed by atoms with E-state index in [0.29, 0.717) is 22.9 Å². The van der Waals surface area contributed by atoms with Crippen LogP contribution in [0.25, 0.3) is 10.9 Å². The summed E-state index contributed by atoms with van der Waals surface area (Å²) in [4.78, 5) is 10.5. The Labute approximate surface area is 74.1 Å². The number of nitrogens with zero attached hydrogens (tertiary/aromatic N) is 1. The lowest BCUT2D eigenvalue weighted by atomic mass is 10.2. The molecule has 0 unspecified atom stereocenters. The van der Waals surface area contributed by atoms with E-state index in [1.807, 2.05) is 0 Å². The van der Waals surface area contributed by atoms with Crippen molar-refractivity contribution < 1.29 is 14.1 Å². The minimum Gasteiger partial charge on any atom is -0.497 e. The van der Waals surface area contributed by atoms with Gasteiger partial charge >= 0.3 is 0 Å². The lowest BCUT2D eigenvalue weighted by Gasteiger charge is -1.96. The van der Waals surface area contributed by atoms with Crippen LogP contribution in [0.5, 0.6) is 5.75 Å². The molecule has 2 aromatic rings. The molecule has 0 aliphatic rings. The van der Waals surface area contributed by atoms with Crippen molar-refractivity contribution in [3.63, 3.8) is 0 Å². The Morgan fingerprint density at radius 3 is 3.08 bits per heavy atom. The van der Waals surface area contributed by atoms with E-state index in [4.69, 9.17) is 9.26 Å². The fourth-order valence-corrected chi connectivity index (χ4v) is 1.15. The van der Waals surface area contributed by atoms with Gasteiger partial charge in [0.1, 0.15) is 11.3 Å². The molecule has 0 saturated carbocycles. The van der Waals surface area contributed by atoms with Gasteiger partial charge in [-0.05, 0) is 18.2 Å². The molecule has 1 aromatic carbocycles. The number of methoxy groups -OCH3 is 1. The molecule has 0 radical (unpaired) electrons. The lowest BCUT2D eigenvalue weighted by molar-refractivity contribution is 0.109. The summed E-state index contributed by atoms with van der Waals surface area (Å²) in [6.07, 6.45) is 0.634. The molecule has 0 saturated heterocycles. The van der Waals surface area contributed by atoms with E-state index in [0.717, 1.165) is 0 Å². The van der Waals surface area contributed by atoms with Gasteiger partial charge in [0.2, 0.25) is 5.76 Å². The first-order chi connectivity index (χ1) is 6.35. The van der Waals surface area contributed by atoms with E-state index in [2.05, 4.69) is 5.16 Å². The van der Waals surface area contributed by atoms with Crippen LogP contribution in [0.15, 0.2) is 22.7 Å². The summed E-state index contributed by atoms with van der Waals surface area (Å²) in [6.45, 7) is 0. The summed E-state index contributed by atoms with van der Waals surface area (Å²) in [5, 5.41) is 4.38. The number of aromatic nitrogens is 1. The average molecular weight is 177 g/mol. The number of carbonyl (C=O) groups excluding carboxylic acids is 1. The van der Waals surface area contributed by atoms with Gasteiger partial charge in [0.25, 0.3) is 0 Å². The van der Waals surface area contributed by atoms with Crippen LogP contribution < -0.4 is 4.74 Å². The van der Waals surface area contributed by atoms with Crippen molar-refractivity contribution in [3.05, 3.63) is 24.0 Å². The van der Waals surface area contributed by atoms with Crippen LogP contribution >= 0.6 is 0 Å². The molecule has 2 rings (SSSR count). The summed E-state index contributed by atoms with van der Waals surface area (Å²) >= 11 is 0. The van der Waals surface area contributed by atoms with Crippen LogP contribution in [0.3, 0.4) is 0 Å². The lowest BCUT2D eigenvalue weighted by Crippen LogP contribution is -1.82. The van der Waals surface area contributed by atoms with E-state index < -0.39 is 0 Å². The fourth-order valence-electron chi connectivity index (χ4n) is 1.15. The molecule has 0 aliphatic carbocycles. The maximum Gasteiger partial charge on any atom is 0.207 e. The van der Waals surface area contributed by atoms with Crippen LogP contribution in [0, 0.1) is 0 Å². The number of hydrogen-bond donors (Lipinski definition) is 0. The van der Waals surface area contributed by atoms with Crippen molar-refractivity contribution in [3.8, 4) is 5.75 Å². The number of rotatable bonds is 2. The Kier molecular flexibility index (Phi) is 1.73. The number of aldehydes is 1. The third-order valence-electron chi connectivity index (χ3n) is 1.82. The Morgan fingerprint density at radius 1 is 1.54 bits per heavy atom. The van der Waals surface area contributed by atoms with Gasteiger partial charge < -0.3 is 9.26 Å². The topological polar surface area (TPSA) is 52.3 Å². The van der Waals surface area contributed by atoms with Gasteiger partial charge in [0, 0.05) is 0 Å². The monoisotopic (exact) mass is 177 g/mol. The van der Waals surface area contributed by atoms with Gasteiger partial charge in [-0.1, -0.05) is 5.16 Å². The zero-order valence-corrected chi connectivity index (χ0v) is 6.98. The van der Waals surface area contributed by atoms with Crippen molar-refractivity contribution in [2.24, 2.45) is 0 Å². The van der Waals surface area contributed by atoms with Crippen molar-refractivity contribution in [2.75, 3.05) is 7.11 Å². The maximum absolute atomic E-state index is 10.5. The van der Waals surface area contributed by atoms with Crippen LogP contribution in [0.1, 0.15) is 10.6 Å². The number of fused-ring (bicyclic) bond motifs is 1. The highest BCUT2D eigenvalue weighted by Gasteiger charge is 2.07. The van der Waals surface area contributed by atoms with Crippen LogP contribution in [-0.4, -0.2) is 18.6 Å². The molecule has 0 spiro atoms. The highest BCUT2D eigenvalue weighted by Crippen LogP contribution is 2.22.